The molecule has 0 amide bonds. The molecule has 2 aliphatic carbocycles. The van der Waals surface area contributed by atoms with E-state index in [1.807, 2.05) is 36.4 Å². The first-order chi connectivity index (χ1) is 31.1. The van der Waals surface area contributed by atoms with Gasteiger partial charge in [0.1, 0.15) is 0 Å². The average Bonchev–Trinajstić information content (AvgIpc) is 3.68. The fourth-order valence-electron chi connectivity index (χ4n) is 9.97. The molecule has 0 N–H and O–H groups in total. The molecule has 1 unspecified atom stereocenters. The fourth-order valence-corrected chi connectivity index (χ4v) is 9.97. The summed E-state index contributed by atoms with van der Waals surface area (Å²) in [6.07, 6.45) is 13.6. The third kappa shape index (κ3) is 6.47. The van der Waals surface area contributed by atoms with Crippen molar-refractivity contribution in [3.63, 3.8) is 0 Å². The molecule has 0 saturated heterocycles. The summed E-state index contributed by atoms with van der Waals surface area (Å²) in [4.78, 5) is 15.3. The quantitative estimate of drug-likeness (QED) is 0.161. The van der Waals surface area contributed by atoms with Gasteiger partial charge >= 0.3 is 0 Å². The summed E-state index contributed by atoms with van der Waals surface area (Å²) in [5, 5.41) is 4.87. The molecule has 3 heteroatoms. The summed E-state index contributed by atoms with van der Waals surface area (Å²) in [5.41, 5.74) is 15.0. The van der Waals surface area contributed by atoms with Crippen molar-refractivity contribution in [3.8, 4) is 67.5 Å². The Morgan fingerprint density at radius 1 is 0.444 bits per heavy atom. The molecule has 0 radical (unpaired) electrons. The minimum Gasteiger partial charge on any atom is -0.208 e. The van der Waals surface area contributed by atoms with Gasteiger partial charge in [0.05, 0.1) is 5.41 Å². The molecule has 11 rings (SSSR count). The molecule has 8 aromatic carbocycles. The number of hydrogen-bond donors (Lipinski definition) is 0. The molecule has 0 fully saturated rings. The lowest BCUT2D eigenvalue weighted by molar-refractivity contribution is 0.752. The van der Waals surface area contributed by atoms with Crippen LogP contribution in [0.1, 0.15) is 43.4 Å². The van der Waals surface area contributed by atoms with Crippen LogP contribution < -0.4 is 10.4 Å². The lowest BCUT2D eigenvalue weighted by Crippen LogP contribution is -2.29. The van der Waals surface area contributed by atoms with E-state index in [-0.39, 0.29) is 0 Å². The van der Waals surface area contributed by atoms with E-state index in [1.54, 1.807) is 0 Å². The van der Waals surface area contributed by atoms with E-state index in [0.717, 1.165) is 56.7 Å². The molecular weight excluding hydrogens is 763 g/mol. The number of allylic oxidation sites excluding steroid dienone is 4. The SMILES string of the molecule is C/C=c1/cc(-c2ccc(-c3ccc(C4(C5=CCCC=C5)c5ccccc5-c5c4ccc4ccccc54)cc3)cc2)c(-c2nc(-c3ccccc3)nc(-c3ccccc3)n2)c/c1=C/C. The summed E-state index contributed by atoms with van der Waals surface area (Å²) in [5.74, 6) is 1.93. The minimum absolute atomic E-state index is 0.419. The summed E-state index contributed by atoms with van der Waals surface area (Å²) in [6.45, 7) is 4.18. The number of fused-ring (bicyclic) bond motifs is 5. The van der Waals surface area contributed by atoms with Gasteiger partial charge in [0, 0.05) is 16.7 Å². The van der Waals surface area contributed by atoms with Crippen LogP contribution in [-0.4, -0.2) is 15.0 Å². The fraction of sp³-hybridized carbons (Fsp3) is 0.0833. The zero-order valence-electron chi connectivity index (χ0n) is 35.5. The largest absolute Gasteiger partial charge is 0.208 e. The molecule has 0 spiro atoms. The summed E-state index contributed by atoms with van der Waals surface area (Å²) < 4.78 is 0. The van der Waals surface area contributed by atoms with E-state index < -0.39 is 5.41 Å². The maximum absolute atomic E-state index is 5.15. The van der Waals surface area contributed by atoms with Crippen LogP contribution in [-0.2, 0) is 5.41 Å². The highest BCUT2D eigenvalue weighted by atomic mass is 15.0. The first kappa shape index (κ1) is 38.2. The van der Waals surface area contributed by atoms with Gasteiger partial charge in [-0.3, -0.25) is 0 Å². The van der Waals surface area contributed by atoms with Gasteiger partial charge in [0.25, 0.3) is 0 Å². The van der Waals surface area contributed by atoms with Crippen LogP contribution >= 0.6 is 0 Å². The molecule has 0 bridgehead atoms. The molecule has 1 atom stereocenters. The van der Waals surface area contributed by atoms with Crippen LogP contribution in [0.15, 0.2) is 206 Å². The Morgan fingerprint density at radius 2 is 1.02 bits per heavy atom. The first-order valence-corrected chi connectivity index (χ1v) is 22.0. The Hall–Kier alpha value is -7.75. The second-order valence-corrected chi connectivity index (χ2v) is 16.4. The van der Waals surface area contributed by atoms with Crippen molar-refractivity contribution in [2.45, 2.75) is 32.1 Å². The lowest BCUT2D eigenvalue weighted by atomic mass is 9.66. The first-order valence-electron chi connectivity index (χ1n) is 22.0. The van der Waals surface area contributed by atoms with E-state index in [9.17, 15) is 0 Å². The Balaban J connectivity index is 1.02. The molecule has 9 aromatic rings. The minimum atomic E-state index is -0.419. The van der Waals surface area contributed by atoms with Gasteiger partial charge in [-0.25, -0.2) is 15.0 Å². The van der Waals surface area contributed by atoms with Gasteiger partial charge in [0.15, 0.2) is 17.5 Å². The highest BCUT2D eigenvalue weighted by molar-refractivity contribution is 6.04. The number of nitrogens with zero attached hydrogens (tertiary/aromatic N) is 3. The van der Waals surface area contributed by atoms with Crippen LogP contribution in [0, 0.1) is 0 Å². The van der Waals surface area contributed by atoms with Crippen LogP contribution in [0.25, 0.3) is 90.5 Å². The maximum Gasteiger partial charge on any atom is 0.164 e. The topological polar surface area (TPSA) is 38.7 Å². The highest BCUT2D eigenvalue weighted by Gasteiger charge is 2.47. The number of hydrogen-bond acceptors (Lipinski definition) is 3. The standard InChI is InChI=1S/C60H45N3/c1-3-40-38-52(53(39-41(40)4-2)59-62-57(46-19-8-5-9-20-46)61-58(63-59)47-21-10-6-11-22-47)45-30-28-42(29-31-45)43-32-35-49(36-33-43)60(48-23-12-7-13-24-48)54-27-17-16-26-51(54)56-50-25-15-14-18-44(50)34-37-55(56)60/h3-6,8-12,14-39H,7,13H2,1-2H3/b40-3-,41-4-. The summed E-state index contributed by atoms with van der Waals surface area (Å²) >= 11 is 0. The van der Waals surface area contributed by atoms with Crippen LogP contribution in [0.5, 0.6) is 0 Å². The van der Waals surface area contributed by atoms with E-state index in [0.29, 0.717) is 17.5 Å². The Kier molecular flexibility index (Phi) is 9.66. The molecule has 3 nitrogen and oxygen atoms in total. The second kappa shape index (κ2) is 15.9. The highest BCUT2D eigenvalue weighted by Crippen LogP contribution is 2.58. The predicted molar refractivity (Wildman–Crippen MR) is 262 cm³/mol. The van der Waals surface area contributed by atoms with Gasteiger partial charge in [-0.1, -0.05) is 200 Å². The maximum atomic E-state index is 5.15. The van der Waals surface area contributed by atoms with Crippen molar-refractivity contribution < 1.29 is 0 Å². The second-order valence-electron chi connectivity index (χ2n) is 16.4. The monoisotopic (exact) mass is 807 g/mol. The Morgan fingerprint density at radius 3 is 1.67 bits per heavy atom. The van der Waals surface area contributed by atoms with Gasteiger partial charge in [-0.15, -0.1) is 0 Å². The molecule has 1 aromatic heterocycles. The molecule has 63 heavy (non-hydrogen) atoms. The number of rotatable bonds is 7. The number of benzene rings is 8. The summed E-state index contributed by atoms with van der Waals surface area (Å²) in [7, 11) is 0. The van der Waals surface area contributed by atoms with E-state index in [4.69, 9.17) is 15.0 Å². The van der Waals surface area contributed by atoms with Gasteiger partial charge in [-0.2, -0.15) is 0 Å². The normalized spacial score (nSPS) is 15.9. The van der Waals surface area contributed by atoms with Crippen LogP contribution in [0.3, 0.4) is 0 Å². The Bertz CT molecular complexity index is 3320. The zero-order valence-corrected chi connectivity index (χ0v) is 35.5. The van der Waals surface area contributed by atoms with E-state index in [2.05, 4.69) is 190 Å². The molecule has 1 heterocycles. The average molecular weight is 808 g/mol. The van der Waals surface area contributed by atoms with Gasteiger partial charge < -0.3 is 0 Å². The third-order valence-electron chi connectivity index (χ3n) is 13.0. The van der Waals surface area contributed by atoms with Gasteiger partial charge in [0.2, 0.25) is 0 Å². The molecule has 0 saturated carbocycles. The van der Waals surface area contributed by atoms with Crippen molar-refractivity contribution in [3.05, 3.63) is 233 Å². The zero-order chi connectivity index (χ0) is 42.3. The summed E-state index contributed by atoms with van der Waals surface area (Å²) in [6, 6.07) is 65.7. The van der Waals surface area contributed by atoms with Crippen LogP contribution in [0.4, 0.5) is 0 Å². The van der Waals surface area contributed by atoms with Crippen molar-refractivity contribution >= 4 is 22.9 Å². The van der Waals surface area contributed by atoms with E-state index in [1.165, 1.54) is 49.7 Å². The smallest absolute Gasteiger partial charge is 0.164 e. The van der Waals surface area contributed by atoms with Gasteiger partial charge in [-0.05, 0) is 116 Å². The molecule has 300 valence electrons. The van der Waals surface area contributed by atoms with Crippen molar-refractivity contribution in [2.75, 3.05) is 0 Å². The van der Waals surface area contributed by atoms with Crippen molar-refractivity contribution in [1.29, 1.82) is 0 Å². The Labute approximate surface area is 368 Å². The predicted octanol–water partition coefficient (Wildman–Crippen LogP) is 13.6. The van der Waals surface area contributed by atoms with E-state index >= 15 is 0 Å². The van der Waals surface area contributed by atoms with Crippen molar-refractivity contribution in [2.24, 2.45) is 0 Å². The van der Waals surface area contributed by atoms with Crippen molar-refractivity contribution in [1.82, 2.24) is 15.0 Å². The molecule has 0 aliphatic heterocycles. The molecular formula is C60H45N3. The lowest BCUT2D eigenvalue weighted by Gasteiger charge is -2.36. The third-order valence-corrected chi connectivity index (χ3v) is 13.0. The van der Waals surface area contributed by atoms with Crippen LogP contribution in [0.2, 0.25) is 0 Å². The number of aromatic nitrogens is 3. The molecule has 2 aliphatic rings.